The fourth-order valence-electron chi connectivity index (χ4n) is 4.35. The van der Waals surface area contributed by atoms with Gasteiger partial charge in [0.05, 0.1) is 24.9 Å². The molecule has 2 heterocycles. The Hall–Kier alpha value is -3.41. The average Bonchev–Trinajstić information content (AvgIpc) is 3.22. The number of aliphatic imine (C=N–C) groups is 1. The van der Waals surface area contributed by atoms with E-state index in [0.29, 0.717) is 6.42 Å². The molecular weight excluding hydrogens is 400 g/mol. The third-order valence-corrected chi connectivity index (χ3v) is 6.07. The number of ether oxygens (including phenoxy) is 1. The molecule has 2 unspecified atom stereocenters. The van der Waals surface area contributed by atoms with Gasteiger partial charge in [-0.1, -0.05) is 43.7 Å². The van der Waals surface area contributed by atoms with Crippen LogP contribution in [0.25, 0.3) is 5.57 Å². The second kappa shape index (κ2) is 9.39. The van der Waals surface area contributed by atoms with Gasteiger partial charge >= 0.3 is 6.03 Å². The normalized spacial score (nSPS) is 19.7. The third-order valence-electron chi connectivity index (χ3n) is 6.07. The quantitative estimate of drug-likeness (QED) is 0.749. The van der Waals surface area contributed by atoms with Crippen molar-refractivity contribution >= 4 is 23.5 Å². The molecule has 6 nitrogen and oxygen atoms in total. The van der Waals surface area contributed by atoms with Gasteiger partial charge in [0.25, 0.3) is 0 Å². The Morgan fingerprint density at radius 2 is 1.94 bits per heavy atom. The smallest absolute Gasteiger partial charge is 0.337 e. The van der Waals surface area contributed by atoms with Crippen LogP contribution in [-0.2, 0) is 6.42 Å². The number of nitrogens with one attached hydrogen (secondary N) is 1. The molecule has 0 spiro atoms. The number of urea groups is 1. The van der Waals surface area contributed by atoms with E-state index in [2.05, 4.69) is 53.6 Å². The van der Waals surface area contributed by atoms with Crippen molar-refractivity contribution in [1.29, 1.82) is 0 Å². The monoisotopic (exact) mass is 430 g/mol. The lowest BCUT2D eigenvalue weighted by molar-refractivity contribution is 0.184. The number of nitrogens with zero attached hydrogens (tertiary/aromatic N) is 3. The number of hydrazone groups is 1. The number of hydrogen-bond donors (Lipinski definition) is 1. The molecule has 0 aliphatic carbocycles. The number of carbonyl (C=O) groups is 1. The fourth-order valence-corrected chi connectivity index (χ4v) is 4.35. The van der Waals surface area contributed by atoms with Gasteiger partial charge in [-0.3, -0.25) is 4.99 Å². The first-order chi connectivity index (χ1) is 15.5. The Bertz CT molecular complexity index is 1090. The maximum atomic E-state index is 12.6. The highest BCUT2D eigenvalue weighted by molar-refractivity contribution is 6.14. The number of benzene rings is 2. The van der Waals surface area contributed by atoms with Gasteiger partial charge in [-0.25, -0.2) is 9.80 Å². The van der Waals surface area contributed by atoms with Crippen LogP contribution in [0.3, 0.4) is 0 Å². The Morgan fingerprint density at radius 1 is 1.19 bits per heavy atom. The minimum atomic E-state index is -0.220. The summed E-state index contributed by atoms with van der Waals surface area (Å²) in [6.07, 6.45) is 6.86. The van der Waals surface area contributed by atoms with E-state index < -0.39 is 0 Å². The van der Waals surface area contributed by atoms with E-state index in [9.17, 15) is 4.79 Å². The van der Waals surface area contributed by atoms with Crippen molar-refractivity contribution < 1.29 is 9.53 Å². The minimum absolute atomic E-state index is 0.0746. The second-order valence-electron chi connectivity index (χ2n) is 8.23. The van der Waals surface area contributed by atoms with Crippen molar-refractivity contribution in [2.24, 2.45) is 10.1 Å². The Morgan fingerprint density at radius 3 is 2.62 bits per heavy atom. The molecule has 1 N–H and O–H groups in total. The van der Waals surface area contributed by atoms with Gasteiger partial charge in [0, 0.05) is 24.4 Å². The fraction of sp³-hybridized carbons (Fsp3) is 0.346. The van der Waals surface area contributed by atoms with Crippen molar-refractivity contribution in [2.45, 2.75) is 45.2 Å². The van der Waals surface area contributed by atoms with Gasteiger partial charge in [-0.15, -0.1) is 0 Å². The number of methoxy groups -OCH3 is 1. The summed E-state index contributed by atoms with van der Waals surface area (Å²) < 4.78 is 5.48. The first kappa shape index (κ1) is 21.8. The van der Waals surface area contributed by atoms with E-state index in [1.165, 1.54) is 11.1 Å². The zero-order valence-corrected chi connectivity index (χ0v) is 19.1. The molecule has 2 aromatic carbocycles. The lowest BCUT2D eigenvalue weighted by atomic mass is 9.92. The van der Waals surface area contributed by atoms with Gasteiger partial charge in [0.15, 0.2) is 0 Å². The zero-order valence-electron chi connectivity index (χ0n) is 19.1. The number of hydrogen-bond acceptors (Lipinski definition) is 4. The standard InChI is InChI=1S/C26H30N4O2/c1-5-6-24-22(13-14-28-24)18-7-9-19(10-8-18)25-23-16-21(32-4)12-11-20(23)15-17(2)30(29-25)26(31)27-3/h7-14,16-17,24H,5-6,15H2,1-4H3,(H,27,31). The lowest BCUT2D eigenvalue weighted by Crippen LogP contribution is -2.41. The summed E-state index contributed by atoms with van der Waals surface area (Å²) in [4.78, 5) is 17.2. The predicted octanol–water partition coefficient (Wildman–Crippen LogP) is 4.67. The molecule has 4 rings (SSSR count). The predicted molar refractivity (Wildman–Crippen MR) is 130 cm³/mol. The molecular formula is C26H30N4O2. The molecule has 2 atom stereocenters. The molecule has 0 aromatic heterocycles. The Balaban J connectivity index is 1.76. The van der Waals surface area contributed by atoms with Crippen molar-refractivity contribution in [2.75, 3.05) is 14.2 Å². The molecule has 0 saturated heterocycles. The van der Waals surface area contributed by atoms with Gasteiger partial charge in [-0.2, -0.15) is 5.10 Å². The van der Waals surface area contributed by atoms with Crippen LogP contribution in [0.15, 0.2) is 58.6 Å². The molecule has 6 heteroatoms. The summed E-state index contributed by atoms with van der Waals surface area (Å²) in [7, 11) is 3.29. The number of rotatable bonds is 5. The van der Waals surface area contributed by atoms with E-state index >= 15 is 0 Å². The molecule has 0 saturated carbocycles. The van der Waals surface area contributed by atoms with Crippen LogP contribution < -0.4 is 10.1 Å². The van der Waals surface area contributed by atoms with Crippen molar-refractivity contribution in [3.05, 3.63) is 70.8 Å². The maximum Gasteiger partial charge on any atom is 0.337 e. The average molecular weight is 431 g/mol. The van der Waals surface area contributed by atoms with Crippen molar-refractivity contribution in [3.8, 4) is 5.75 Å². The number of carbonyl (C=O) groups excluding carboxylic acids is 1. The van der Waals surface area contributed by atoms with Crippen LogP contribution >= 0.6 is 0 Å². The summed E-state index contributed by atoms with van der Waals surface area (Å²) in [5.41, 5.74) is 6.27. The van der Waals surface area contributed by atoms with E-state index in [1.807, 2.05) is 25.3 Å². The summed E-state index contributed by atoms with van der Waals surface area (Å²) >= 11 is 0. The van der Waals surface area contributed by atoms with Gasteiger partial charge < -0.3 is 10.1 Å². The highest BCUT2D eigenvalue weighted by Crippen LogP contribution is 2.30. The molecule has 166 valence electrons. The van der Waals surface area contributed by atoms with Crippen LogP contribution in [0, 0.1) is 0 Å². The van der Waals surface area contributed by atoms with Gasteiger partial charge in [0.2, 0.25) is 0 Å². The SMILES string of the molecule is CCCC1N=CC=C1c1ccc(C2=NN(C(=O)NC)C(C)Cc3ccc(OC)cc32)cc1. The molecule has 0 fully saturated rings. The summed E-state index contributed by atoms with van der Waals surface area (Å²) in [6.45, 7) is 4.20. The van der Waals surface area contributed by atoms with Gasteiger partial charge in [0.1, 0.15) is 5.75 Å². The second-order valence-corrected chi connectivity index (χ2v) is 8.23. The number of allylic oxidation sites excluding steroid dienone is 1. The lowest BCUT2D eigenvalue weighted by Gasteiger charge is -2.22. The zero-order chi connectivity index (χ0) is 22.7. The molecule has 0 radical (unpaired) electrons. The molecule has 32 heavy (non-hydrogen) atoms. The van der Waals surface area contributed by atoms with E-state index in [1.54, 1.807) is 19.2 Å². The largest absolute Gasteiger partial charge is 0.497 e. The Labute approximate surface area is 189 Å². The molecule has 2 aliphatic rings. The van der Waals surface area contributed by atoms with Crippen molar-refractivity contribution in [3.63, 3.8) is 0 Å². The first-order valence-corrected chi connectivity index (χ1v) is 11.2. The molecule has 2 aromatic rings. The van der Waals surface area contributed by atoms with E-state index in [4.69, 9.17) is 9.84 Å². The van der Waals surface area contributed by atoms with E-state index in [0.717, 1.165) is 41.0 Å². The summed E-state index contributed by atoms with van der Waals surface area (Å²) in [5, 5.41) is 9.08. The van der Waals surface area contributed by atoms with Crippen LogP contribution in [-0.4, -0.2) is 49.2 Å². The van der Waals surface area contributed by atoms with Crippen LogP contribution in [0.5, 0.6) is 5.75 Å². The number of fused-ring (bicyclic) bond motifs is 1. The van der Waals surface area contributed by atoms with Crippen molar-refractivity contribution in [1.82, 2.24) is 10.3 Å². The summed E-state index contributed by atoms with van der Waals surface area (Å²) in [6, 6.07) is 14.4. The highest BCUT2D eigenvalue weighted by atomic mass is 16.5. The Kier molecular flexibility index (Phi) is 6.40. The van der Waals surface area contributed by atoms with Crippen LogP contribution in [0.1, 0.15) is 48.9 Å². The molecule has 2 aliphatic heterocycles. The third kappa shape index (κ3) is 4.17. The van der Waals surface area contributed by atoms with Crippen LogP contribution in [0.2, 0.25) is 0 Å². The van der Waals surface area contributed by atoms with Crippen LogP contribution in [0.4, 0.5) is 4.79 Å². The molecule has 0 bridgehead atoms. The number of amides is 2. The van der Waals surface area contributed by atoms with Gasteiger partial charge in [-0.05, 0) is 54.7 Å². The highest BCUT2D eigenvalue weighted by Gasteiger charge is 2.27. The maximum absolute atomic E-state index is 12.6. The van der Waals surface area contributed by atoms with E-state index in [-0.39, 0.29) is 18.1 Å². The molecule has 2 amide bonds. The summed E-state index contributed by atoms with van der Waals surface area (Å²) in [5.74, 6) is 0.768. The topological polar surface area (TPSA) is 66.3 Å². The first-order valence-electron chi connectivity index (χ1n) is 11.2. The minimum Gasteiger partial charge on any atom is -0.497 e.